The van der Waals surface area contributed by atoms with Gasteiger partial charge in [-0.3, -0.25) is 4.79 Å². The summed E-state index contributed by atoms with van der Waals surface area (Å²) in [6.07, 6.45) is 0. The SMILES string of the molecule is COc1ccc(-c2cc(CNC(=O)C(C)(C)Oc3ccc(Cl)cc3)no2)cc1OC. The van der Waals surface area contributed by atoms with Crippen LogP contribution in [0, 0.1) is 0 Å². The maximum Gasteiger partial charge on any atom is 0.263 e. The molecule has 0 aliphatic carbocycles. The number of carbonyl (C=O) groups is 1. The minimum atomic E-state index is -1.08. The molecule has 3 aromatic rings. The molecule has 1 N–H and O–H groups in total. The topological polar surface area (TPSA) is 82.8 Å². The molecular weight excluding hydrogens is 408 g/mol. The van der Waals surface area contributed by atoms with Crippen LogP contribution >= 0.6 is 11.6 Å². The van der Waals surface area contributed by atoms with Crippen LogP contribution in [0.4, 0.5) is 0 Å². The fraction of sp³-hybridized carbons (Fsp3) is 0.273. The first-order chi connectivity index (χ1) is 14.3. The normalized spacial score (nSPS) is 11.1. The van der Waals surface area contributed by atoms with E-state index < -0.39 is 5.60 Å². The van der Waals surface area contributed by atoms with Crippen molar-refractivity contribution in [1.82, 2.24) is 10.5 Å². The molecule has 3 rings (SSSR count). The quantitative estimate of drug-likeness (QED) is 0.567. The Morgan fingerprint density at radius 1 is 1.07 bits per heavy atom. The van der Waals surface area contributed by atoms with E-state index in [2.05, 4.69) is 10.5 Å². The molecule has 0 unspecified atom stereocenters. The van der Waals surface area contributed by atoms with E-state index in [-0.39, 0.29) is 12.5 Å². The molecule has 0 aliphatic rings. The molecule has 0 saturated carbocycles. The number of hydrogen-bond donors (Lipinski definition) is 1. The number of methoxy groups -OCH3 is 2. The number of halogens is 1. The fourth-order valence-electron chi connectivity index (χ4n) is 2.75. The second-order valence-corrected chi connectivity index (χ2v) is 7.44. The molecule has 0 saturated heterocycles. The average Bonchev–Trinajstić information content (AvgIpc) is 3.22. The summed E-state index contributed by atoms with van der Waals surface area (Å²) in [4.78, 5) is 12.6. The number of aromatic nitrogens is 1. The Balaban J connectivity index is 1.63. The average molecular weight is 431 g/mol. The van der Waals surface area contributed by atoms with Gasteiger partial charge in [-0.05, 0) is 56.3 Å². The maximum absolute atomic E-state index is 12.6. The summed E-state index contributed by atoms with van der Waals surface area (Å²) in [6, 6.07) is 14.0. The monoisotopic (exact) mass is 430 g/mol. The van der Waals surface area contributed by atoms with Crippen LogP contribution in [0.25, 0.3) is 11.3 Å². The molecule has 8 heteroatoms. The molecule has 1 amide bonds. The molecule has 158 valence electrons. The highest BCUT2D eigenvalue weighted by molar-refractivity contribution is 6.30. The van der Waals surface area contributed by atoms with Gasteiger partial charge in [-0.1, -0.05) is 16.8 Å². The first-order valence-corrected chi connectivity index (χ1v) is 9.61. The minimum absolute atomic E-state index is 0.197. The van der Waals surface area contributed by atoms with Crippen LogP contribution in [-0.2, 0) is 11.3 Å². The number of rotatable bonds is 8. The van der Waals surface area contributed by atoms with Crippen LogP contribution in [0.1, 0.15) is 19.5 Å². The van der Waals surface area contributed by atoms with Crippen molar-refractivity contribution in [1.29, 1.82) is 0 Å². The largest absolute Gasteiger partial charge is 0.493 e. The summed E-state index contributed by atoms with van der Waals surface area (Å²) in [6.45, 7) is 3.58. The second-order valence-electron chi connectivity index (χ2n) is 7.00. The third-order valence-corrected chi connectivity index (χ3v) is 4.64. The highest BCUT2D eigenvalue weighted by atomic mass is 35.5. The number of carbonyl (C=O) groups excluding carboxylic acids is 1. The van der Waals surface area contributed by atoms with Gasteiger partial charge in [0, 0.05) is 16.7 Å². The van der Waals surface area contributed by atoms with Crippen molar-refractivity contribution < 1.29 is 23.5 Å². The van der Waals surface area contributed by atoms with Gasteiger partial charge in [-0.15, -0.1) is 0 Å². The Labute approximate surface area is 179 Å². The lowest BCUT2D eigenvalue weighted by Gasteiger charge is -2.25. The van der Waals surface area contributed by atoms with E-state index >= 15 is 0 Å². The summed E-state index contributed by atoms with van der Waals surface area (Å²) in [7, 11) is 3.14. The zero-order valence-corrected chi connectivity index (χ0v) is 17.9. The van der Waals surface area contributed by atoms with E-state index in [9.17, 15) is 4.79 Å². The molecule has 0 atom stereocenters. The van der Waals surface area contributed by atoms with Gasteiger partial charge >= 0.3 is 0 Å². The highest BCUT2D eigenvalue weighted by Gasteiger charge is 2.30. The Bertz CT molecular complexity index is 1010. The van der Waals surface area contributed by atoms with Crippen molar-refractivity contribution in [3.63, 3.8) is 0 Å². The minimum Gasteiger partial charge on any atom is -0.493 e. The number of benzene rings is 2. The van der Waals surface area contributed by atoms with E-state index in [0.717, 1.165) is 5.56 Å². The first-order valence-electron chi connectivity index (χ1n) is 9.23. The highest BCUT2D eigenvalue weighted by Crippen LogP contribution is 2.32. The molecule has 0 fully saturated rings. The van der Waals surface area contributed by atoms with Gasteiger partial charge in [0.2, 0.25) is 0 Å². The standard InChI is InChI=1S/C22H23ClN2O5/c1-22(2,29-17-8-6-15(23)7-9-17)21(26)24-13-16-12-19(30-25-16)14-5-10-18(27-3)20(11-14)28-4/h5-12H,13H2,1-4H3,(H,24,26). The van der Waals surface area contributed by atoms with Crippen LogP contribution in [0.3, 0.4) is 0 Å². The lowest BCUT2D eigenvalue weighted by atomic mass is 10.1. The molecule has 30 heavy (non-hydrogen) atoms. The Morgan fingerprint density at radius 2 is 1.77 bits per heavy atom. The molecule has 2 aromatic carbocycles. The van der Waals surface area contributed by atoms with Crippen LogP contribution in [-0.4, -0.2) is 30.9 Å². The molecule has 1 heterocycles. The molecule has 7 nitrogen and oxygen atoms in total. The van der Waals surface area contributed by atoms with Gasteiger partial charge in [0.25, 0.3) is 5.91 Å². The lowest BCUT2D eigenvalue weighted by Crippen LogP contribution is -2.46. The molecule has 0 spiro atoms. The van der Waals surface area contributed by atoms with Gasteiger partial charge in [-0.25, -0.2) is 0 Å². The third-order valence-electron chi connectivity index (χ3n) is 4.39. The summed E-state index contributed by atoms with van der Waals surface area (Å²) in [5.41, 5.74) is 0.281. The summed E-state index contributed by atoms with van der Waals surface area (Å²) in [5.74, 6) is 2.03. The zero-order valence-electron chi connectivity index (χ0n) is 17.2. The van der Waals surface area contributed by atoms with Gasteiger partial charge in [-0.2, -0.15) is 0 Å². The Hall–Kier alpha value is -3.19. The van der Waals surface area contributed by atoms with Crippen molar-refractivity contribution in [2.75, 3.05) is 14.2 Å². The Morgan fingerprint density at radius 3 is 2.43 bits per heavy atom. The number of ether oxygens (including phenoxy) is 3. The lowest BCUT2D eigenvalue weighted by molar-refractivity contribution is -0.134. The maximum atomic E-state index is 12.6. The predicted octanol–water partition coefficient (Wildman–Crippen LogP) is 4.49. The molecule has 0 aliphatic heterocycles. The van der Waals surface area contributed by atoms with Crippen LogP contribution in [0.15, 0.2) is 53.1 Å². The smallest absolute Gasteiger partial charge is 0.263 e. The van der Waals surface area contributed by atoms with Crippen molar-refractivity contribution in [3.8, 4) is 28.6 Å². The fourth-order valence-corrected chi connectivity index (χ4v) is 2.87. The predicted molar refractivity (Wildman–Crippen MR) is 113 cm³/mol. The number of nitrogens with one attached hydrogen (secondary N) is 1. The number of nitrogens with zero attached hydrogens (tertiary/aromatic N) is 1. The van der Waals surface area contributed by atoms with Crippen LogP contribution in [0.2, 0.25) is 5.02 Å². The van der Waals surface area contributed by atoms with Crippen molar-refractivity contribution in [2.45, 2.75) is 26.0 Å². The second kappa shape index (κ2) is 9.09. The summed E-state index contributed by atoms with van der Waals surface area (Å²) >= 11 is 5.88. The van der Waals surface area contributed by atoms with E-state index in [4.69, 9.17) is 30.3 Å². The van der Waals surface area contributed by atoms with Crippen LogP contribution in [0.5, 0.6) is 17.2 Å². The first kappa shape index (κ1) is 21.5. The molecular formula is C22H23ClN2O5. The third kappa shape index (κ3) is 5.04. The van der Waals surface area contributed by atoms with Crippen molar-refractivity contribution in [2.24, 2.45) is 0 Å². The van der Waals surface area contributed by atoms with Gasteiger partial charge in [0.05, 0.1) is 20.8 Å². The summed E-state index contributed by atoms with van der Waals surface area (Å²) in [5, 5.41) is 7.44. The van der Waals surface area contributed by atoms with Gasteiger partial charge in [0.15, 0.2) is 22.9 Å². The molecule has 0 radical (unpaired) electrons. The number of amides is 1. The van der Waals surface area contributed by atoms with Crippen molar-refractivity contribution in [3.05, 3.63) is 59.2 Å². The zero-order chi connectivity index (χ0) is 21.7. The summed E-state index contributed by atoms with van der Waals surface area (Å²) < 4.78 is 21.7. The van der Waals surface area contributed by atoms with E-state index in [1.165, 1.54) is 0 Å². The number of hydrogen-bond acceptors (Lipinski definition) is 6. The van der Waals surface area contributed by atoms with E-state index in [0.29, 0.717) is 33.7 Å². The van der Waals surface area contributed by atoms with Gasteiger partial charge in [0.1, 0.15) is 11.4 Å². The van der Waals surface area contributed by atoms with E-state index in [1.807, 2.05) is 6.07 Å². The van der Waals surface area contributed by atoms with Crippen molar-refractivity contribution >= 4 is 17.5 Å². The molecule has 0 bridgehead atoms. The Kier molecular flexibility index (Phi) is 6.52. The van der Waals surface area contributed by atoms with Crippen LogP contribution < -0.4 is 19.5 Å². The van der Waals surface area contributed by atoms with Gasteiger partial charge < -0.3 is 24.1 Å². The van der Waals surface area contributed by atoms with E-state index in [1.54, 1.807) is 70.5 Å². The molecule has 1 aromatic heterocycles.